The van der Waals surface area contributed by atoms with Crippen molar-refractivity contribution < 1.29 is 0 Å². The van der Waals surface area contributed by atoms with Gasteiger partial charge in [0.05, 0.1) is 19.6 Å². The van der Waals surface area contributed by atoms with Crippen LogP contribution in [0.3, 0.4) is 0 Å². The van der Waals surface area contributed by atoms with E-state index in [9.17, 15) is 5.26 Å². The topological polar surface area (TPSA) is 80.0 Å². The summed E-state index contributed by atoms with van der Waals surface area (Å²) in [4.78, 5) is 18.8. The van der Waals surface area contributed by atoms with Crippen molar-refractivity contribution in [2.75, 3.05) is 26.2 Å². The number of hydrogen-bond acceptors (Lipinski definition) is 6. The number of hydrogen-bond donors (Lipinski definition) is 1. The van der Waals surface area contributed by atoms with Crippen LogP contribution in [0.25, 0.3) is 0 Å². The molecular weight excluding hydrogens is 448 g/mol. The first-order chi connectivity index (χ1) is 17.6. The summed E-state index contributed by atoms with van der Waals surface area (Å²) in [6.07, 6.45) is 14.4. The maximum atomic E-state index is 9.65. The van der Waals surface area contributed by atoms with Gasteiger partial charge in [-0.1, -0.05) is 38.1 Å². The zero-order chi connectivity index (χ0) is 25.6. The molecule has 1 aromatic carbocycles. The summed E-state index contributed by atoms with van der Waals surface area (Å²) in [7, 11) is 2.02. The number of nitrogens with zero attached hydrogens (tertiary/aromatic N) is 7. The third-order valence-electron chi connectivity index (χ3n) is 6.39. The summed E-state index contributed by atoms with van der Waals surface area (Å²) in [6.45, 7) is 11.7. The molecule has 1 N–H and O–H groups in total. The molecule has 0 amide bonds. The van der Waals surface area contributed by atoms with Crippen LogP contribution in [0.1, 0.15) is 62.3 Å². The fourth-order valence-electron chi connectivity index (χ4n) is 4.51. The summed E-state index contributed by atoms with van der Waals surface area (Å²) in [5.41, 5.74) is 2.40. The van der Waals surface area contributed by atoms with E-state index in [0.29, 0.717) is 6.54 Å². The number of benzene rings is 1. The maximum absolute atomic E-state index is 9.65. The molecule has 194 valence electrons. The third kappa shape index (κ3) is 9.14. The smallest absolute Gasteiger partial charge is 0.179 e. The molecular formula is C28H42N8. The average molecular weight is 491 g/mol. The zero-order valence-corrected chi connectivity index (χ0v) is 22.2. The highest BCUT2D eigenvalue weighted by atomic mass is 15.2. The van der Waals surface area contributed by atoms with Gasteiger partial charge in [0.25, 0.3) is 0 Å². The lowest BCUT2D eigenvalue weighted by Gasteiger charge is -2.22. The van der Waals surface area contributed by atoms with Crippen molar-refractivity contribution in [2.24, 2.45) is 7.05 Å². The molecule has 0 unspecified atom stereocenters. The second-order valence-corrected chi connectivity index (χ2v) is 9.52. The molecule has 0 atom stereocenters. The lowest BCUT2D eigenvalue weighted by atomic mass is 10.1. The molecule has 3 rings (SSSR count). The summed E-state index contributed by atoms with van der Waals surface area (Å²) in [5.74, 6) is 1.97. The molecule has 2 aromatic heterocycles. The number of rotatable bonds is 17. The van der Waals surface area contributed by atoms with Crippen LogP contribution in [0.4, 0.5) is 0 Å². The molecule has 0 aliphatic rings. The zero-order valence-electron chi connectivity index (χ0n) is 22.2. The number of unbranched alkanes of at least 4 members (excludes halogenated alkanes) is 1. The molecule has 0 bridgehead atoms. The second-order valence-electron chi connectivity index (χ2n) is 9.52. The normalized spacial score (nSPS) is 11.3. The monoisotopic (exact) mass is 490 g/mol. The number of nitriles is 1. The van der Waals surface area contributed by atoms with Crippen LogP contribution in [0, 0.1) is 11.5 Å². The van der Waals surface area contributed by atoms with E-state index in [1.807, 2.05) is 30.5 Å². The first-order valence-electron chi connectivity index (χ1n) is 13.2. The first-order valence-corrected chi connectivity index (χ1v) is 13.2. The van der Waals surface area contributed by atoms with Gasteiger partial charge in [-0.2, -0.15) is 5.26 Å². The van der Waals surface area contributed by atoms with Gasteiger partial charge in [0.15, 0.2) is 6.19 Å². The van der Waals surface area contributed by atoms with Crippen LogP contribution in [0.2, 0.25) is 0 Å². The Bertz CT molecular complexity index is 1010. The van der Waals surface area contributed by atoms with Crippen molar-refractivity contribution in [3.05, 3.63) is 71.8 Å². The Labute approximate surface area is 216 Å². The molecule has 2 heterocycles. The van der Waals surface area contributed by atoms with Gasteiger partial charge in [-0.05, 0) is 56.4 Å². The van der Waals surface area contributed by atoms with Crippen molar-refractivity contribution in [1.82, 2.24) is 34.2 Å². The fraction of sp³-hybridized carbons (Fsp3) is 0.536. The summed E-state index contributed by atoms with van der Waals surface area (Å²) in [5, 5.41) is 9.65. The Morgan fingerprint density at radius 2 is 1.53 bits per heavy atom. The largest absolute Gasteiger partial charge is 0.348 e. The molecule has 0 aliphatic carbocycles. The van der Waals surface area contributed by atoms with E-state index in [4.69, 9.17) is 0 Å². The summed E-state index contributed by atoms with van der Waals surface area (Å²) in [6, 6.07) is 8.64. The highest BCUT2D eigenvalue weighted by molar-refractivity contribution is 5.23. The highest BCUT2D eigenvalue weighted by Gasteiger charge is 2.13. The minimum atomic E-state index is 0.661. The highest BCUT2D eigenvalue weighted by Crippen LogP contribution is 2.14. The molecule has 8 heteroatoms. The molecule has 0 saturated carbocycles. The van der Waals surface area contributed by atoms with E-state index in [1.165, 1.54) is 37.1 Å². The average Bonchev–Trinajstić information content (AvgIpc) is 3.54. The fourth-order valence-corrected chi connectivity index (χ4v) is 4.51. The van der Waals surface area contributed by atoms with Crippen LogP contribution < -0.4 is 0 Å². The molecule has 0 fully saturated rings. The van der Waals surface area contributed by atoms with Crippen LogP contribution in [-0.2, 0) is 33.2 Å². The standard InChI is InChI=1S/C28H42N8/c1-4-15-34(16-5-2)17-6-7-18-35(24-29)20-25-8-10-26(11-9-25)21-36(22-27-30-12-13-31-27)23-28-32-14-19-33(28)3/h8-14,19H,4-7,15-18,20-23H2,1-3H3,(H,30,31). The van der Waals surface area contributed by atoms with Crippen molar-refractivity contribution >= 4 is 0 Å². The second kappa shape index (κ2) is 15.1. The number of aryl methyl sites for hydroxylation is 1. The van der Waals surface area contributed by atoms with Gasteiger partial charge < -0.3 is 19.4 Å². The van der Waals surface area contributed by atoms with Gasteiger partial charge in [0.2, 0.25) is 0 Å². The Kier molecular flexibility index (Phi) is 11.5. The quantitative estimate of drug-likeness (QED) is 0.170. The summed E-state index contributed by atoms with van der Waals surface area (Å²) < 4.78 is 2.06. The number of aromatic amines is 1. The van der Waals surface area contributed by atoms with Crippen LogP contribution in [0.15, 0.2) is 49.1 Å². The number of imidazole rings is 2. The summed E-state index contributed by atoms with van der Waals surface area (Å²) >= 11 is 0. The van der Waals surface area contributed by atoms with Gasteiger partial charge in [-0.15, -0.1) is 0 Å². The van der Waals surface area contributed by atoms with Gasteiger partial charge in [-0.3, -0.25) is 4.90 Å². The number of nitrogens with one attached hydrogen (secondary N) is 1. The Balaban J connectivity index is 1.51. The van der Waals surface area contributed by atoms with Gasteiger partial charge in [0.1, 0.15) is 11.6 Å². The third-order valence-corrected chi connectivity index (χ3v) is 6.39. The predicted molar refractivity (Wildman–Crippen MR) is 143 cm³/mol. The van der Waals surface area contributed by atoms with E-state index in [0.717, 1.165) is 57.2 Å². The maximum Gasteiger partial charge on any atom is 0.179 e. The van der Waals surface area contributed by atoms with Crippen molar-refractivity contribution in [2.45, 2.75) is 65.7 Å². The minimum Gasteiger partial charge on any atom is -0.348 e. The van der Waals surface area contributed by atoms with E-state index >= 15 is 0 Å². The molecule has 0 spiro atoms. The Morgan fingerprint density at radius 1 is 0.833 bits per heavy atom. The molecule has 8 nitrogen and oxygen atoms in total. The van der Waals surface area contributed by atoms with Gasteiger partial charge in [-0.25, -0.2) is 9.97 Å². The molecule has 0 radical (unpaired) electrons. The predicted octanol–water partition coefficient (Wildman–Crippen LogP) is 4.53. The van der Waals surface area contributed by atoms with Crippen LogP contribution in [0.5, 0.6) is 0 Å². The van der Waals surface area contributed by atoms with Crippen LogP contribution in [-0.4, -0.2) is 60.4 Å². The van der Waals surface area contributed by atoms with Crippen LogP contribution >= 0.6 is 0 Å². The van der Waals surface area contributed by atoms with Crippen molar-refractivity contribution in [3.63, 3.8) is 0 Å². The van der Waals surface area contributed by atoms with E-state index < -0.39 is 0 Å². The van der Waals surface area contributed by atoms with Crippen molar-refractivity contribution in [3.8, 4) is 6.19 Å². The van der Waals surface area contributed by atoms with Gasteiger partial charge >= 0.3 is 0 Å². The van der Waals surface area contributed by atoms with E-state index in [1.54, 1.807) is 6.20 Å². The number of aromatic nitrogens is 4. The Morgan fingerprint density at radius 3 is 2.11 bits per heavy atom. The van der Waals surface area contributed by atoms with Gasteiger partial charge in [0, 0.05) is 44.9 Å². The molecule has 0 aliphatic heterocycles. The molecule has 3 aromatic rings. The SMILES string of the molecule is CCCN(CCC)CCCCN(C#N)Cc1ccc(CN(Cc2ncc[nH]2)Cc2nccn2C)cc1. The van der Waals surface area contributed by atoms with E-state index in [2.05, 4.69) is 73.6 Å². The minimum absolute atomic E-state index is 0.661. The molecule has 36 heavy (non-hydrogen) atoms. The van der Waals surface area contributed by atoms with Crippen molar-refractivity contribution in [1.29, 1.82) is 5.26 Å². The first kappa shape index (κ1) is 27.4. The lowest BCUT2D eigenvalue weighted by Crippen LogP contribution is -2.27. The Hall–Kier alpha value is -3.15. The number of H-pyrrole nitrogens is 1. The lowest BCUT2D eigenvalue weighted by molar-refractivity contribution is 0.233. The van der Waals surface area contributed by atoms with E-state index in [-0.39, 0.29) is 0 Å². The molecule has 0 saturated heterocycles.